The van der Waals surface area contributed by atoms with Gasteiger partial charge >= 0.3 is 11.2 Å². The first-order valence-corrected chi connectivity index (χ1v) is 5.55. The summed E-state index contributed by atoms with van der Waals surface area (Å²) in [7, 11) is -5.86. The zero-order valence-corrected chi connectivity index (χ0v) is 8.99. The van der Waals surface area contributed by atoms with E-state index in [2.05, 4.69) is 9.72 Å². The average Bonchev–Trinajstić information content (AvgIpc) is 2.25. The number of alkyl halides is 2. The first kappa shape index (κ1) is 13.5. The second kappa shape index (κ2) is 4.72. The smallest absolute Gasteiger partial charge is 0.367 e. The third-order valence-electron chi connectivity index (χ3n) is 1.63. The summed E-state index contributed by atoms with van der Waals surface area (Å²) in [6, 6.07) is 2.60. The number of nitrogens with zero attached hydrogens (tertiary/aromatic N) is 1. The number of ether oxygens (including phenoxy) is 1. The maximum atomic E-state index is 12.6. The first-order chi connectivity index (χ1) is 7.74. The Kier molecular flexibility index (Phi) is 3.73. The van der Waals surface area contributed by atoms with Gasteiger partial charge in [-0.15, -0.1) is 0 Å². The maximum Gasteiger partial charge on any atom is 0.367 e. The van der Waals surface area contributed by atoms with Crippen LogP contribution in [0.5, 0.6) is 0 Å². The molecule has 1 aromatic heterocycles. The number of hydrogen-bond donors (Lipinski definition) is 0. The van der Waals surface area contributed by atoms with Gasteiger partial charge in [0.05, 0.1) is 5.56 Å². The first-order valence-electron chi connectivity index (χ1n) is 4.14. The standard InChI is InChI=1S/C8H7F2NO5S/c9-8(10,17(13,14)15)5-16-7(12)6-2-1-3-11-4-6/h1-4H,5H2,(H,13,14,15)/p-1. The lowest BCUT2D eigenvalue weighted by molar-refractivity contribution is -0.00999. The highest BCUT2D eigenvalue weighted by atomic mass is 32.2. The van der Waals surface area contributed by atoms with E-state index < -0.39 is 27.9 Å². The van der Waals surface area contributed by atoms with Crippen molar-refractivity contribution in [3.05, 3.63) is 30.1 Å². The van der Waals surface area contributed by atoms with E-state index in [0.717, 1.165) is 6.20 Å². The number of carbonyl (C=O) groups excluding carboxylic acids is 1. The molecule has 0 aliphatic rings. The van der Waals surface area contributed by atoms with Gasteiger partial charge in [0.1, 0.15) is 0 Å². The summed E-state index contributed by atoms with van der Waals surface area (Å²) in [6.45, 7) is -1.83. The highest BCUT2D eigenvalue weighted by Gasteiger charge is 2.39. The van der Waals surface area contributed by atoms with Gasteiger partial charge in [0.15, 0.2) is 16.7 Å². The molecule has 0 fully saturated rings. The van der Waals surface area contributed by atoms with E-state index >= 15 is 0 Å². The van der Waals surface area contributed by atoms with Gasteiger partial charge in [-0.1, -0.05) is 0 Å². The van der Waals surface area contributed by atoms with E-state index in [1.165, 1.54) is 18.3 Å². The SMILES string of the molecule is O=C(OCC(F)(F)S(=O)(=O)[O-])c1cccnc1. The molecule has 94 valence electrons. The molecule has 0 bridgehead atoms. The van der Waals surface area contributed by atoms with Gasteiger partial charge in [-0.25, -0.2) is 13.2 Å². The van der Waals surface area contributed by atoms with Crippen LogP contribution in [0.2, 0.25) is 0 Å². The van der Waals surface area contributed by atoms with Crippen LogP contribution in [0.1, 0.15) is 10.4 Å². The molecule has 1 aromatic rings. The second-order valence-electron chi connectivity index (χ2n) is 2.91. The fourth-order valence-electron chi connectivity index (χ4n) is 0.789. The largest absolute Gasteiger partial charge is 0.743 e. The molecule has 0 saturated carbocycles. The predicted molar refractivity (Wildman–Crippen MR) is 49.2 cm³/mol. The number of carbonyl (C=O) groups is 1. The average molecular weight is 266 g/mol. The fraction of sp³-hybridized carbons (Fsp3) is 0.250. The van der Waals surface area contributed by atoms with Crippen LogP contribution in [0.25, 0.3) is 0 Å². The summed E-state index contributed by atoms with van der Waals surface area (Å²) in [5, 5.41) is -4.65. The monoisotopic (exact) mass is 266 g/mol. The number of aromatic nitrogens is 1. The van der Waals surface area contributed by atoms with Crippen LogP contribution in [-0.4, -0.2) is 35.8 Å². The highest BCUT2D eigenvalue weighted by Crippen LogP contribution is 2.20. The molecule has 0 N–H and O–H groups in total. The maximum absolute atomic E-state index is 12.6. The lowest BCUT2D eigenvalue weighted by Gasteiger charge is -2.19. The topological polar surface area (TPSA) is 96.4 Å². The number of rotatable bonds is 4. The Bertz CT molecular complexity index is 502. The van der Waals surface area contributed by atoms with E-state index in [1.807, 2.05) is 0 Å². The second-order valence-corrected chi connectivity index (χ2v) is 4.41. The zero-order chi connectivity index (χ0) is 13.1. The third kappa shape index (κ3) is 3.43. The minimum atomic E-state index is -5.86. The molecule has 0 unspecified atom stereocenters. The number of halogens is 2. The number of pyridine rings is 1. The van der Waals surface area contributed by atoms with Gasteiger partial charge in [-0.3, -0.25) is 4.98 Å². The highest BCUT2D eigenvalue weighted by molar-refractivity contribution is 7.86. The molecule has 0 atom stereocenters. The summed E-state index contributed by atoms with van der Waals surface area (Å²) >= 11 is 0. The molecular formula is C8H6F2NO5S-. The van der Waals surface area contributed by atoms with Crippen molar-refractivity contribution >= 4 is 16.1 Å². The molecule has 1 rings (SSSR count). The molecule has 6 nitrogen and oxygen atoms in total. The zero-order valence-electron chi connectivity index (χ0n) is 8.17. The lowest BCUT2D eigenvalue weighted by Crippen LogP contribution is -2.34. The van der Waals surface area contributed by atoms with Crippen molar-refractivity contribution < 1.29 is 31.3 Å². The van der Waals surface area contributed by atoms with Crippen LogP contribution in [-0.2, 0) is 14.9 Å². The van der Waals surface area contributed by atoms with Crippen molar-refractivity contribution in [1.82, 2.24) is 4.98 Å². The Balaban J connectivity index is 2.67. The van der Waals surface area contributed by atoms with Crippen molar-refractivity contribution in [1.29, 1.82) is 0 Å². The Hall–Kier alpha value is -1.61. The van der Waals surface area contributed by atoms with Gasteiger partial charge in [-0.2, -0.15) is 8.78 Å². The molecule has 0 amide bonds. The van der Waals surface area contributed by atoms with Crippen molar-refractivity contribution in [2.45, 2.75) is 5.25 Å². The summed E-state index contributed by atoms with van der Waals surface area (Å²) < 4.78 is 59.5. The van der Waals surface area contributed by atoms with Crippen LogP contribution in [0.4, 0.5) is 8.78 Å². The van der Waals surface area contributed by atoms with E-state index in [0.29, 0.717) is 0 Å². The lowest BCUT2D eigenvalue weighted by atomic mass is 10.3. The fourth-order valence-corrected chi connectivity index (χ4v) is 0.992. The summed E-state index contributed by atoms with van der Waals surface area (Å²) in [4.78, 5) is 14.7. The summed E-state index contributed by atoms with van der Waals surface area (Å²) in [5.41, 5.74) is -0.133. The van der Waals surface area contributed by atoms with Crippen molar-refractivity contribution in [2.24, 2.45) is 0 Å². The molecule has 0 aliphatic heterocycles. The Morgan fingerprint density at radius 2 is 2.18 bits per heavy atom. The summed E-state index contributed by atoms with van der Waals surface area (Å²) in [5.74, 6) is -1.19. The molecule has 0 saturated heterocycles. The van der Waals surface area contributed by atoms with Gasteiger partial charge in [0, 0.05) is 12.4 Å². The van der Waals surface area contributed by atoms with Crippen molar-refractivity contribution in [3.8, 4) is 0 Å². The van der Waals surface area contributed by atoms with E-state index in [4.69, 9.17) is 0 Å². The molecule has 0 spiro atoms. The van der Waals surface area contributed by atoms with Crippen LogP contribution < -0.4 is 0 Å². The van der Waals surface area contributed by atoms with E-state index in [9.17, 15) is 26.5 Å². The van der Waals surface area contributed by atoms with Gasteiger partial charge < -0.3 is 9.29 Å². The minimum Gasteiger partial charge on any atom is -0.743 e. The van der Waals surface area contributed by atoms with Gasteiger partial charge in [0.25, 0.3) is 0 Å². The van der Waals surface area contributed by atoms with Crippen LogP contribution in [0, 0.1) is 0 Å². The Morgan fingerprint density at radius 1 is 1.53 bits per heavy atom. The minimum absolute atomic E-state index is 0.133. The normalized spacial score (nSPS) is 12.2. The summed E-state index contributed by atoms with van der Waals surface area (Å²) in [6.07, 6.45) is 2.39. The molecule has 0 aliphatic carbocycles. The van der Waals surface area contributed by atoms with Crippen LogP contribution in [0.3, 0.4) is 0 Å². The predicted octanol–water partition coefficient (Wildman–Crippen LogP) is 0.376. The quantitative estimate of drug-likeness (QED) is 0.577. The number of esters is 1. The molecule has 17 heavy (non-hydrogen) atoms. The molecular weight excluding hydrogens is 260 g/mol. The molecule has 9 heteroatoms. The van der Waals surface area contributed by atoms with E-state index in [-0.39, 0.29) is 5.56 Å². The Morgan fingerprint density at radius 3 is 2.65 bits per heavy atom. The third-order valence-corrected chi connectivity index (χ3v) is 2.48. The van der Waals surface area contributed by atoms with Crippen LogP contribution >= 0.6 is 0 Å². The number of hydrogen-bond acceptors (Lipinski definition) is 6. The van der Waals surface area contributed by atoms with Gasteiger partial charge in [-0.05, 0) is 12.1 Å². The van der Waals surface area contributed by atoms with Crippen molar-refractivity contribution in [3.63, 3.8) is 0 Å². The molecule has 0 radical (unpaired) electrons. The van der Waals surface area contributed by atoms with Crippen LogP contribution in [0.15, 0.2) is 24.5 Å². The Labute approximate surface area is 95.0 Å². The van der Waals surface area contributed by atoms with E-state index in [1.54, 1.807) is 0 Å². The van der Waals surface area contributed by atoms with Gasteiger partial charge in [0.2, 0.25) is 0 Å². The molecule has 1 heterocycles. The van der Waals surface area contributed by atoms with Crippen molar-refractivity contribution in [2.75, 3.05) is 6.61 Å². The molecule has 0 aromatic carbocycles.